The molecule has 0 spiro atoms. The molecule has 6 heteroatoms. The van der Waals surface area contributed by atoms with Gasteiger partial charge < -0.3 is 19.9 Å². The topological polar surface area (TPSA) is 70.2 Å². The highest BCUT2D eigenvalue weighted by atomic mass is 16.5. The van der Waals surface area contributed by atoms with Gasteiger partial charge in [-0.05, 0) is 37.3 Å². The molecule has 24 heavy (non-hydrogen) atoms. The van der Waals surface area contributed by atoms with E-state index in [-0.39, 0.29) is 12.1 Å². The highest BCUT2D eigenvalue weighted by molar-refractivity contribution is 5.75. The van der Waals surface area contributed by atoms with Crippen LogP contribution in [0.4, 0.5) is 4.79 Å². The number of amides is 2. The van der Waals surface area contributed by atoms with Crippen molar-refractivity contribution in [3.8, 4) is 0 Å². The number of carbonyl (C=O) groups is 1. The molecule has 0 unspecified atom stereocenters. The lowest BCUT2D eigenvalue weighted by Crippen LogP contribution is -2.53. The van der Waals surface area contributed by atoms with E-state index in [9.17, 15) is 4.79 Å². The van der Waals surface area contributed by atoms with Gasteiger partial charge in [-0.15, -0.1) is 0 Å². The summed E-state index contributed by atoms with van der Waals surface area (Å²) in [7, 11) is 0. The van der Waals surface area contributed by atoms with E-state index in [4.69, 9.17) is 4.74 Å². The number of urea groups is 1. The van der Waals surface area contributed by atoms with Gasteiger partial charge >= 0.3 is 6.03 Å². The summed E-state index contributed by atoms with van der Waals surface area (Å²) in [6, 6.07) is 8.36. The summed E-state index contributed by atoms with van der Waals surface area (Å²) in [4.78, 5) is 22.3. The Balaban J connectivity index is 1.25. The van der Waals surface area contributed by atoms with Crippen molar-refractivity contribution in [2.24, 2.45) is 5.92 Å². The van der Waals surface area contributed by atoms with Gasteiger partial charge in [-0.2, -0.15) is 0 Å². The van der Waals surface area contributed by atoms with Crippen LogP contribution in [0, 0.1) is 5.92 Å². The van der Waals surface area contributed by atoms with E-state index in [0.29, 0.717) is 32.2 Å². The normalized spacial score (nSPS) is 21.2. The lowest BCUT2D eigenvalue weighted by Gasteiger charge is -2.35. The fraction of sp³-hybridized carbons (Fsp3) is 0.556. The van der Waals surface area contributed by atoms with Crippen LogP contribution >= 0.6 is 0 Å². The number of carbonyl (C=O) groups excluding carboxylic acids is 1. The largest absolute Gasteiger partial charge is 0.377 e. The maximum atomic E-state index is 12.4. The Bertz CT molecular complexity index is 677. The van der Waals surface area contributed by atoms with Crippen molar-refractivity contribution < 1.29 is 9.53 Å². The van der Waals surface area contributed by atoms with Crippen molar-refractivity contribution in [1.82, 2.24) is 20.2 Å². The molecule has 128 valence electrons. The molecule has 2 heterocycles. The van der Waals surface area contributed by atoms with Crippen LogP contribution in [0.15, 0.2) is 24.3 Å². The van der Waals surface area contributed by atoms with Gasteiger partial charge in [0.2, 0.25) is 0 Å². The number of hydrogen-bond donors (Lipinski definition) is 2. The second-order valence-corrected chi connectivity index (χ2v) is 6.71. The maximum absolute atomic E-state index is 12.4. The molecule has 1 aliphatic carbocycles. The van der Waals surface area contributed by atoms with E-state index in [0.717, 1.165) is 29.7 Å². The summed E-state index contributed by atoms with van der Waals surface area (Å²) in [5, 5.41) is 3.06. The summed E-state index contributed by atoms with van der Waals surface area (Å²) in [6.45, 7) is 2.72. The molecule has 1 aliphatic heterocycles. The molecule has 1 saturated heterocycles. The standard InChI is InChI=1S/C18H24N4O2/c23-18(22-10-11-24-12-16(22)13-7-8-13)19-9-3-6-17-20-14-4-1-2-5-15(14)21-17/h1-2,4-5,13,16H,3,6-12H2,(H,19,23)(H,20,21)/t16-/m0/s1. The number of aromatic amines is 1. The third-order valence-corrected chi connectivity index (χ3v) is 4.90. The quantitative estimate of drug-likeness (QED) is 0.828. The van der Waals surface area contributed by atoms with E-state index in [1.54, 1.807) is 0 Å². The van der Waals surface area contributed by atoms with Crippen molar-refractivity contribution in [2.45, 2.75) is 31.7 Å². The molecule has 1 aromatic carbocycles. The number of fused-ring (bicyclic) bond motifs is 1. The summed E-state index contributed by atoms with van der Waals surface area (Å²) in [5.41, 5.74) is 2.06. The molecule has 2 amide bonds. The number of morpholine rings is 1. The average Bonchev–Trinajstić information content (AvgIpc) is 3.38. The van der Waals surface area contributed by atoms with Gasteiger partial charge in [0.1, 0.15) is 5.82 Å². The van der Waals surface area contributed by atoms with Crippen LogP contribution in [-0.4, -0.2) is 53.2 Å². The Morgan fingerprint density at radius 3 is 3.08 bits per heavy atom. The number of nitrogens with one attached hydrogen (secondary N) is 2. The number of para-hydroxylation sites is 2. The first-order valence-electron chi connectivity index (χ1n) is 8.87. The number of aromatic nitrogens is 2. The molecular formula is C18H24N4O2. The van der Waals surface area contributed by atoms with E-state index in [2.05, 4.69) is 15.3 Å². The zero-order valence-electron chi connectivity index (χ0n) is 13.8. The van der Waals surface area contributed by atoms with Crippen molar-refractivity contribution in [3.63, 3.8) is 0 Å². The lowest BCUT2D eigenvalue weighted by molar-refractivity contribution is 0.00474. The summed E-state index contributed by atoms with van der Waals surface area (Å²) >= 11 is 0. The molecule has 1 saturated carbocycles. The number of imidazole rings is 1. The van der Waals surface area contributed by atoms with Gasteiger partial charge in [0.15, 0.2) is 0 Å². The van der Waals surface area contributed by atoms with Crippen LogP contribution in [0.25, 0.3) is 11.0 Å². The number of hydrogen-bond acceptors (Lipinski definition) is 3. The van der Waals surface area contributed by atoms with E-state index < -0.39 is 0 Å². The molecule has 1 atom stereocenters. The average molecular weight is 328 g/mol. The Kier molecular flexibility index (Phi) is 4.38. The molecule has 0 radical (unpaired) electrons. The number of aryl methyl sites for hydroxylation is 1. The van der Waals surface area contributed by atoms with E-state index >= 15 is 0 Å². The first-order chi connectivity index (χ1) is 11.8. The number of nitrogens with zero attached hydrogens (tertiary/aromatic N) is 2. The van der Waals surface area contributed by atoms with Crippen molar-refractivity contribution in [1.29, 1.82) is 0 Å². The second-order valence-electron chi connectivity index (χ2n) is 6.71. The van der Waals surface area contributed by atoms with E-state index in [1.807, 2.05) is 29.2 Å². The SMILES string of the molecule is O=C(NCCCc1nc2ccccc2[nH]1)N1CCOC[C@H]1C1CC1. The number of benzene rings is 1. The summed E-state index contributed by atoms with van der Waals surface area (Å²) in [6.07, 6.45) is 4.17. The lowest BCUT2D eigenvalue weighted by atomic mass is 10.1. The van der Waals surface area contributed by atoms with Gasteiger partial charge in [0.05, 0.1) is 30.3 Å². The smallest absolute Gasteiger partial charge is 0.317 e. The molecule has 2 fully saturated rings. The zero-order chi connectivity index (χ0) is 16.4. The van der Waals surface area contributed by atoms with Crippen LogP contribution < -0.4 is 5.32 Å². The fourth-order valence-electron chi connectivity index (χ4n) is 3.42. The highest BCUT2D eigenvalue weighted by Crippen LogP contribution is 2.36. The second kappa shape index (κ2) is 6.81. The third kappa shape index (κ3) is 3.38. The summed E-state index contributed by atoms with van der Waals surface area (Å²) in [5.74, 6) is 1.62. The minimum Gasteiger partial charge on any atom is -0.377 e. The minimum atomic E-state index is 0.0554. The Hall–Kier alpha value is -2.08. The zero-order valence-corrected chi connectivity index (χ0v) is 13.8. The maximum Gasteiger partial charge on any atom is 0.317 e. The van der Waals surface area contributed by atoms with Gasteiger partial charge in [-0.25, -0.2) is 9.78 Å². The molecule has 0 bridgehead atoms. The predicted molar refractivity (Wildman–Crippen MR) is 91.9 cm³/mol. The highest BCUT2D eigenvalue weighted by Gasteiger charge is 2.39. The van der Waals surface area contributed by atoms with Gasteiger partial charge in [0.25, 0.3) is 0 Å². The van der Waals surface area contributed by atoms with Crippen LogP contribution in [0.5, 0.6) is 0 Å². The van der Waals surface area contributed by atoms with Crippen molar-refractivity contribution in [3.05, 3.63) is 30.1 Å². The third-order valence-electron chi connectivity index (χ3n) is 4.90. The molecule has 6 nitrogen and oxygen atoms in total. The van der Waals surface area contributed by atoms with Gasteiger partial charge in [-0.3, -0.25) is 0 Å². The Labute approximate surface area is 141 Å². The van der Waals surface area contributed by atoms with E-state index in [1.165, 1.54) is 12.8 Å². The molecular weight excluding hydrogens is 304 g/mol. The molecule has 4 rings (SSSR count). The van der Waals surface area contributed by atoms with Crippen LogP contribution in [0.2, 0.25) is 0 Å². The summed E-state index contributed by atoms with van der Waals surface area (Å²) < 4.78 is 5.54. The van der Waals surface area contributed by atoms with Gasteiger partial charge in [-0.1, -0.05) is 12.1 Å². The first-order valence-corrected chi connectivity index (χ1v) is 8.87. The first kappa shape index (κ1) is 15.4. The number of ether oxygens (including phenoxy) is 1. The van der Waals surface area contributed by atoms with Gasteiger partial charge in [0, 0.05) is 19.5 Å². The number of rotatable bonds is 5. The predicted octanol–water partition coefficient (Wildman–Crippen LogP) is 2.32. The molecule has 2 aromatic rings. The number of H-pyrrole nitrogens is 1. The fourth-order valence-corrected chi connectivity index (χ4v) is 3.42. The van der Waals surface area contributed by atoms with Crippen LogP contribution in [0.3, 0.4) is 0 Å². The molecule has 2 N–H and O–H groups in total. The monoisotopic (exact) mass is 328 g/mol. The Morgan fingerprint density at radius 1 is 1.38 bits per heavy atom. The molecule has 1 aromatic heterocycles. The van der Waals surface area contributed by atoms with Crippen LogP contribution in [-0.2, 0) is 11.2 Å². The Morgan fingerprint density at radius 2 is 2.25 bits per heavy atom. The molecule has 2 aliphatic rings. The van der Waals surface area contributed by atoms with Crippen LogP contribution in [0.1, 0.15) is 25.1 Å². The van der Waals surface area contributed by atoms with Crippen molar-refractivity contribution >= 4 is 17.1 Å². The minimum absolute atomic E-state index is 0.0554. The van der Waals surface area contributed by atoms with Crippen molar-refractivity contribution in [2.75, 3.05) is 26.3 Å².